The van der Waals surface area contributed by atoms with Crippen molar-refractivity contribution in [2.24, 2.45) is 0 Å². The van der Waals surface area contributed by atoms with E-state index in [0.29, 0.717) is 0 Å². The van der Waals surface area contributed by atoms with E-state index in [1.54, 1.807) is 0 Å². The van der Waals surface area contributed by atoms with Gasteiger partial charge in [-0.25, -0.2) is 9.59 Å². The Balaban J connectivity index is 1.40. The topological polar surface area (TPSA) is 164 Å². The summed E-state index contributed by atoms with van der Waals surface area (Å²) in [5, 5.41) is 41.8. The molecule has 1 fully saturated rings. The first-order chi connectivity index (χ1) is 18.3. The number of nitrogens with one attached hydrogen (secondary N) is 1. The third kappa shape index (κ3) is 5.88. The Morgan fingerprint density at radius 3 is 2.21 bits per heavy atom. The highest BCUT2D eigenvalue weighted by Gasteiger charge is 2.44. The molecule has 0 unspecified atom stereocenters. The van der Waals surface area contributed by atoms with Crippen LogP contribution in [0.25, 0.3) is 11.1 Å². The van der Waals surface area contributed by atoms with Gasteiger partial charge in [-0.2, -0.15) is 0 Å². The van der Waals surface area contributed by atoms with E-state index >= 15 is 0 Å². The molecule has 2 aromatic rings. The SMILES string of the molecule is C=CCOC(=O)[C@H](CO[C@@H]1O[C@H](CO)[C@@H](O)[C@H](O)[C@H]1O)NC(=O)OCC1c2ccccc2-c2ccccc21. The number of benzene rings is 2. The van der Waals surface area contributed by atoms with Crippen LogP contribution in [0.1, 0.15) is 17.0 Å². The molecule has 6 atom stereocenters. The number of ether oxygens (including phenoxy) is 4. The number of aliphatic hydroxyl groups excluding tert-OH is 4. The second-order valence-electron chi connectivity index (χ2n) is 8.97. The fourth-order valence-corrected chi connectivity index (χ4v) is 4.59. The van der Waals surface area contributed by atoms with Crippen LogP contribution in [-0.4, -0.2) is 95.7 Å². The molecule has 11 heteroatoms. The summed E-state index contributed by atoms with van der Waals surface area (Å²) < 4.78 is 21.2. The number of hydrogen-bond acceptors (Lipinski definition) is 10. The van der Waals surface area contributed by atoms with Crippen molar-refractivity contribution in [3.05, 3.63) is 72.3 Å². The monoisotopic (exact) mass is 529 g/mol. The molecule has 0 saturated carbocycles. The molecule has 1 saturated heterocycles. The maximum absolute atomic E-state index is 12.7. The van der Waals surface area contributed by atoms with E-state index in [4.69, 9.17) is 18.9 Å². The minimum absolute atomic E-state index is 0.0157. The van der Waals surface area contributed by atoms with Gasteiger partial charge in [0.25, 0.3) is 0 Å². The lowest BCUT2D eigenvalue weighted by molar-refractivity contribution is -0.301. The quantitative estimate of drug-likeness (QED) is 0.215. The van der Waals surface area contributed by atoms with Crippen LogP contribution >= 0.6 is 0 Å². The van der Waals surface area contributed by atoms with Gasteiger partial charge in [0.15, 0.2) is 12.3 Å². The average Bonchev–Trinajstić information content (AvgIpc) is 3.26. The minimum atomic E-state index is -1.67. The summed E-state index contributed by atoms with van der Waals surface area (Å²) in [5.74, 6) is -1.05. The van der Waals surface area contributed by atoms with Gasteiger partial charge >= 0.3 is 12.1 Å². The summed E-state index contributed by atoms with van der Waals surface area (Å²) in [4.78, 5) is 25.3. The Hall–Kier alpha value is -3.32. The van der Waals surface area contributed by atoms with Gasteiger partial charge in [0, 0.05) is 5.92 Å². The summed E-state index contributed by atoms with van der Waals surface area (Å²) in [6.07, 6.45) is -7.14. The van der Waals surface area contributed by atoms with Crippen molar-refractivity contribution in [2.45, 2.75) is 42.7 Å². The number of esters is 1. The van der Waals surface area contributed by atoms with Crippen LogP contribution in [0.4, 0.5) is 4.79 Å². The number of carbonyl (C=O) groups is 2. The molecule has 0 spiro atoms. The van der Waals surface area contributed by atoms with Crippen LogP contribution in [0.15, 0.2) is 61.2 Å². The Labute approximate surface area is 219 Å². The zero-order valence-corrected chi connectivity index (χ0v) is 20.5. The smallest absolute Gasteiger partial charge is 0.407 e. The summed E-state index contributed by atoms with van der Waals surface area (Å²) in [6, 6.07) is 14.3. The zero-order chi connectivity index (χ0) is 27.2. The molecule has 1 heterocycles. The van der Waals surface area contributed by atoms with Crippen LogP contribution in [0.3, 0.4) is 0 Å². The predicted molar refractivity (Wildman–Crippen MR) is 133 cm³/mol. The maximum atomic E-state index is 12.7. The summed E-state index contributed by atoms with van der Waals surface area (Å²) >= 11 is 0. The normalized spacial score (nSPS) is 25.1. The van der Waals surface area contributed by atoms with Crippen LogP contribution in [0.2, 0.25) is 0 Å². The number of alkyl carbamates (subject to hydrolysis) is 1. The number of hydrogen-bond donors (Lipinski definition) is 5. The lowest BCUT2D eigenvalue weighted by Gasteiger charge is -2.39. The van der Waals surface area contributed by atoms with Crippen molar-refractivity contribution in [1.82, 2.24) is 5.32 Å². The Bertz CT molecular complexity index is 1090. The molecule has 38 heavy (non-hydrogen) atoms. The largest absolute Gasteiger partial charge is 0.460 e. The average molecular weight is 530 g/mol. The Morgan fingerprint density at radius 1 is 0.974 bits per heavy atom. The van der Waals surface area contributed by atoms with Gasteiger partial charge in [-0.15, -0.1) is 0 Å². The van der Waals surface area contributed by atoms with E-state index in [9.17, 15) is 30.0 Å². The summed E-state index contributed by atoms with van der Waals surface area (Å²) in [5.41, 5.74) is 4.18. The predicted octanol–water partition coefficient (Wildman–Crippen LogP) is 0.439. The van der Waals surface area contributed by atoms with E-state index in [2.05, 4.69) is 11.9 Å². The van der Waals surface area contributed by atoms with Gasteiger partial charge in [-0.05, 0) is 22.3 Å². The van der Waals surface area contributed by atoms with Crippen molar-refractivity contribution >= 4 is 12.1 Å². The van der Waals surface area contributed by atoms with Crippen molar-refractivity contribution in [1.29, 1.82) is 0 Å². The highest BCUT2D eigenvalue weighted by molar-refractivity contribution is 5.82. The zero-order valence-electron chi connectivity index (χ0n) is 20.5. The fraction of sp³-hybridized carbons (Fsp3) is 0.407. The van der Waals surface area contributed by atoms with E-state index < -0.39 is 62.0 Å². The number of aliphatic hydroxyl groups is 4. The van der Waals surface area contributed by atoms with Crippen molar-refractivity contribution in [3.8, 4) is 11.1 Å². The third-order valence-corrected chi connectivity index (χ3v) is 6.54. The number of carbonyl (C=O) groups excluding carboxylic acids is 2. The highest BCUT2D eigenvalue weighted by atomic mass is 16.7. The Kier molecular flexibility index (Phi) is 9.10. The van der Waals surface area contributed by atoms with Gasteiger partial charge in [0.1, 0.15) is 37.6 Å². The van der Waals surface area contributed by atoms with E-state index in [1.807, 2.05) is 48.5 Å². The molecule has 0 bridgehead atoms. The lowest BCUT2D eigenvalue weighted by Crippen LogP contribution is -2.60. The van der Waals surface area contributed by atoms with E-state index in [-0.39, 0.29) is 19.1 Å². The van der Waals surface area contributed by atoms with Gasteiger partial charge in [0.05, 0.1) is 13.2 Å². The van der Waals surface area contributed by atoms with Crippen LogP contribution < -0.4 is 5.32 Å². The maximum Gasteiger partial charge on any atom is 0.407 e. The van der Waals surface area contributed by atoms with E-state index in [0.717, 1.165) is 22.3 Å². The first-order valence-electron chi connectivity index (χ1n) is 12.2. The van der Waals surface area contributed by atoms with Crippen molar-refractivity contribution in [3.63, 3.8) is 0 Å². The van der Waals surface area contributed by atoms with Crippen LogP contribution in [0, 0.1) is 0 Å². The molecule has 2 aliphatic rings. The van der Waals surface area contributed by atoms with Gasteiger partial charge in [-0.3, -0.25) is 0 Å². The standard InChI is InChI=1S/C27H31NO10/c1-2-11-35-25(33)20(14-36-26-24(32)23(31)22(30)21(12-29)38-26)28-27(34)37-13-19-17-9-5-3-7-15(17)16-8-4-6-10-18(16)19/h2-10,19-24,26,29-32H,1,11-14H2,(H,28,34)/t20-,21+,22+,23-,24+,26+/m0/s1. The summed E-state index contributed by atoms with van der Waals surface area (Å²) in [6.45, 7) is 2.20. The molecule has 1 aliphatic carbocycles. The summed E-state index contributed by atoms with van der Waals surface area (Å²) in [7, 11) is 0. The van der Waals surface area contributed by atoms with Crippen LogP contribution in [0.5, 0.6) is 0 Å². The highest BCUT2D eigenvalue weighted by Crippen LogP contribution is 2.44. The molecular formula is C27H31NO10. The third-order valence-electron chi connectivity index (χ3n) is 6.54. The van der Waals surface area contributed by atoms with Crippen molar-refractivity contribution in [2.75, 3.05) is 26.4 Å². The fourth-order valence-electron chi connectivity index (χ4n) is 4.59. The molecule has 4 rings (SSSR count). The van der Waals surface area contributed by atoms with E-state index in [1.165, 1.54) is 6.08 Å². The molecule has 1 amide bonds. The molecule has 204 valence electrons. The number of rotatable bonds is 10. The van der Waals surface area contributed by atoms with Crippen LogP contribution in [-0.2, 0) is 23.7 Å². The Morgan fingerprint density at radius 2 is 1.61 bits per heavy atom. The van der Waals surface area contributed by atoms with Gasteiger partial charge in [0.2, 0.25) is 0 Å². The number of fused-ring (bicyclic) bond motifs is 3. The lowest BCUT2D eigenvalue weighted by atomic mass is 9.98. The molecule has 5 N–H and O–H groups in total. The molecule has 1 aliphatic heterocycles. The molecule has 0 aromatic heterocycles. The van der Waals surface area contributed by atoms with Gasteiger partial charge in [-0.1, -0.05) is 61.2 Å². The first-order valence-corrected chi connectivity index (χ1v) is 12.2. The van der Waals surface area contributed by atoms with Gasteiger partial charge < -0.3 is 44.7 Å². The second kappa shape index (κ2) is 12.5. The number of amides is 1. The second-order valence-corrected chi connectivity index (χ2v) is 8.97. The van der Waals surface area contributed by atoms with Crippen molar-refractivity contribution < 1.29 is 49.0 Å². The molecular weight excluding hydrogens is 498 g/mol. The minimum Gasteiger partial charge on any atom is -0.460 e. The first kappa shape index (κ1) is 27.7. The molecule has 0 radical (unpaired) electrons. The molecule has 11 nitrogen and oxygen atoms in total. The molecule has 2 aromatic carbocycles.